The number of hydrogen-bond donors (Lipinski definition) is 2. The van der Waals surface area contributed by atoms with Crippen molar-refractivity contribution in [3.05, 3.63) is 58.6 Å². The summed E-state index contributed by atoms with van der Waals surface area (Å²) in [6.45, 7) is 5.60. The maximum absolute atomic E-state index is 12.5. The lowest BCUT2D eigenvalue weighted by Gasteiger charge is -2.17. The van der Waals surface area contributed by atoms with Gasteiger partial charge in [-0.05, 0) is 56.7 Å². The van der Waals surface area contributed by atoms with Crippen LogP contribution in [0.5, 0.6) is 5.75 Å². The van der Waals surface area contributed by atoms with Crippen molar-refractivity contribution >= 4 is 33.4 Å². The third-order valence-corrected chi connectivity index (χ3v) is 4.44. The van der Waals surface area contributed by atoms with Gasteiger partial charge in [-0.25, -0.2) is 0 Å². The first kappa shape index (κ1) is 20.0. The molecule has 0 spiro atoms. The van der Waals surface area contributed by atoms with E-state index in [-0.39, 0.29) is 17.9 Å². The highest BCUT2D eigenvalue weighted by atomic mass is 79.9. The van der Waals surface area contributed by atoms with E-state index in [9.17, 15) is 9.59 Å². The van der Waals surface area contributed by atoms with Gasteiger partial charge in [-0.3, -0.25) is 9.59 Å². The van der Waals surface area contributed by atoms with E-state index >= 15 is 0 Å². The predicted octanol–water partition coefficient (Wildman–Crippen LogP) is 4.38. The molecule has 0 aliphatic rings. The summed E-state index contributed by atoms with van der Waals surface area (Å²) >= 11 is 3.36. The fourth-order valence-corrected chi connectivity index (χ4v) is 2.46. The van der Waals surface area contributed by atoms with Crippen LogP contribution in [0.3, 0.4) is 0 Å². The Morgan fingerprint density at radius 1 is 1.08 bits per heavy atom. The Balaban J connectivity index is 2.06. The van der Waals surface area contributed by atoms with E-state index in [1.807, 2.05) is 26.0 Å². The van der Waals surface area contributed by atoms with Crippen LogP contribution in [0.2, 0.25) is 0 Å². The van der Waals surface area contributed by atoms with E-state index in [0.29, 0.717) is 17.0 Å². The first-order chi connectivity index (χ1) is 12.4. The lowest BCUT2D eigenvalue weighted by molar-refractivity contribution is -0.122. The summed E-state index contributed by atoms with van der Waals surface area (Å²) < 4.78 is 6.59. The Hall–Kier alpha value is -2.34. The smallest absolute Gasteiger partial charge is 0.265 e. The highest BCUT2D eigenvalue weighted by Gasteiger charge is 2.19. The molecule has 5 nitrogen and oxygen atoms in total. The summed E-state index contributed by atoms with van der Waals surface area (Å²) in [6, 6.07) is 14.2. The standard InChI is InChI=1S/C20H23BrN2O3/c1-4-13(2)22-20(25)17-7-5-6-8-18(17)23-19(24)14(3)26-16-11-9-15(21)10-12-16/h5-14H,4H2,1-3H3,(H,22,25)(H,23,24)/t13-,14+/m0/s1. The van der Waals surface area contributed by atoms with E-state index in [1.54, 1.807) is 43.3 Å². The fraction of sp³-hybridized carbons (Fsp3) is 0.300. The van der Waals surface area contributed by atoms with E-state index in [2.05, 4.69) is 26.6 Å². The normalized spacial score (nSPS) is 12.8. The fourth-order valence-electron chi connectivity index (χ4n) is 2.20. The summed E-state index contributed by atoms with van der Waals surface area (Å²) in [7, 11) is 0. The largest absolute Gasteiger partial charge is 0.481 e. The molecule has 2 aromatic carbocycles. The Labute approximate surface area is 162 Å². The van der Waals surface area contributed by atoms with Gasteiger partial charge in [-0.15, -0.1) is 0 Å². The number of carbonyl (C=O) groups is 2. The quantitative estimate of drug-likeness (QED) is 0.700. The van der Waals surface area contributed by atoms with Crippen molar-refractivity contribution in [2.24, 2.45) is 0 Å². The molecule has 0 unspecified atom stereocenters. The van der Waals surface area contributed by atoms with E-state index in [1.165, 1.54) is 0 Å². The van der Waals surface area contributed by atoms with Crippen LogP contribution in [0.25, 0.3) is 0 Å². The summed E-state index contributed by atoms with van der Waals surface area (Å²) in [5, 5.41) is 5.69. The third-order valence-electron chi connectivity index (χ3n) is 3.92. The van der Waals surface area contributed by atoms with Crippen LogP contribution in [0.15, 0.2) is 53.0 Å². The molecular formula is C20H23BrN2O3. The Bertz CT molecular complexity index is 762. The minimum Gasteiger partial charge on any atom is -0.481 e. The number of anilines is 1. The zero-order valence-electron chi connectivity index (χ0n) is 15.1. The lowest BCUT2D eigenvalue weighted by Crippen LogP contribution is -2.34. The van der Waals surface area contributed by atoms with Crippen molar-refractivity contribution in [2.75, 3.05) is 5.32 Å². The molecule has 0 saturated carbocycles. The van der Waals surface area contributed by atoms with Crippen LogP contribution in [0, 0.1) is 0 Å². The lowest BCUT2D eigenvalue weighted by atomic mass is 10.1. The van der Waals surface area contributed by atoms with Gasteiger partial charge in [-0.2, -0.15) is 0 Å². The van der Waals surface area contributed by atoms with Crippen LogP contribution in [0.4, 0.5) is 5.69 Å². The summed E-state index contributed by atoms with van der Waals surface area (Å²) in [5.41, 5.74) is 0.890. The van der Waals surface area contributed by atoms with Gasteiger partial charge in [0.25, 0.3) is 11.8 Å². The first-order valence-electron chi connectivity index (χ1n) is 8.53. The van der Waals surface area contributed by atoms with Crippen LogP contribution in [0.1, 0.15) is 37.6 Å². The van der Waals surface area contributed by atoms with Gasteiger partial charge in [0, 0.05) is 10.5 Å². The molecule has 2 atom stereocenters. The van der Waals surface area contributed by atoms with Crippen molar-refractivity contribution in [1.82, 2.24) is 5.32 Å². The van der Waals surface area contributed by atoms with Gasteiger partial charge in [0.2, 0.25) is 0 Å². The molecular weight excluding hydrogens is 396 g/mol. The second-order valence-corrected chi connectivity index (χ2v) is 6.95. The molecule has 2 N–H and O–H groups in total. The average molecular weight is 419 g/mol. The second-order valence-electron chi connectivity index (χ2n) is 6.03. The van der Waals surface area contributed by atoms with Gasteiger partial charge >= 0.3 is 0 Å². The number of benzene rings is 2. The first-order valence-corrected chi connectivity index (χ1v) is 9.33. The van der Waals surface area contributed by atoms with Gasteiger partial charge in [0.15, 0.2) is 6.10 Å². The molecule has 0 aromatic heterocycles. The number of hydrogen-bond acceptors (Lipinski definition) is 3. The van der Waals surface area contributed by atoms with Crippen molar-refractivity contribution in [2.45, 2.75) is 39.3 Å². The number of rotatable bonds is 7. The molecule has 0 bridgehead atoms. The molecule has 0 saturated heterocycles. The maximum atomic E-state index is 12.5. The SMILES string of the molecule is CC[C@H](C)NC(=O)c1ccccc1NC(=O)[C@@H](C)Oc1ccc(Br)cc1. The van der Waals surface area contributed by atoms with Crippen molar-refractivity contribution < 1.29 is 14.3 Å². The number of amides is 2. The zero-order chi connectivity index (χ0) is 19.1. The minimum atomic E-state index is -0.707. The Morgan fingerprint density at radius 3 is 2.38 bits per heavy atom. The van der Waals surface area contributed by atoms with Gasteiger partial charge in [0.05, 0.1) is 11.3 Å². The van der Waals surface area contributed by atoms with Crippen LogP contribution < -0.4 is 15.4 Å². The van der Waals surface area contributed by atoms with E-state index in [4.69, 9.17) is 4.74 Å². The molecule has 138 valence electrons. The Morgan fingerprint density at radius 2 is 1.73 bits per heavy atom. The number of nitrogens with one attached hydrogen (secondary N) is 2. The highest BCUT2D eigenvalue weighted by Crippen LogP contribution is 2.19. The van der Waals surface area contributed by atoms with E-state index < -0.39 is 6.10 Å². The summed E-state index contributed by atoms with van der Waals surface area (Å²) in [4.78, 5) is 24.9. The van der Waals surface area contributed by atoms with Crippen LogP contribution in [-0.4, -0.2) is 24.0 Å². The van der Waals surface area contributed by atoms with E-state index in [0.717, 1.165) is 10.9 Å². The molecule has 0 fully saturated rings. The molecule has 2 amide bonds. The minimum absolute atomic E-state index is 0.0610. The molecule has 0 heterocycles. The maximum Gasteiger partial charge on any atom is 0.265 e. The van der Waals surface area contributed by atoms with Crippen molar-refractivity contribution in [3.8, 4) is 5.75 Å². The van der Waals surface area contributed by atoms with Crippen molar-refractivity contribution in [3.63, 3.8) is 0 Å². The summed E-state index contributed by atoms with van der Waals surface area (Å²) in [5.74, 6) is 0.0621. The van der Waals surface area contributed by atoms with Crippen LogP contribution in [-0.2, 0) is 4.79 Å². The highest BCUT2D eigenvalue weighted by molar-refractivity contribution is 9.10. The zero-order valence-corrected chi connectivity index (χ0v) is 16.7. The molecule has 0 aliphatic heterocycles. The number of halogens is 1. The molecule has 0 radical (unpaired) electrons. The number of carbonyl (C=O) groups excluding carboxylic acids is 2. The number of para-hydroxylation sites is 1. The second kappa shape index (κ2) is 9.38. The third kappa shape index (κ3) is 5.59. The topological polar surface area (TPSA) is 67.4 Å². The molecule has 6 heteroatoms. The van der Waals surface area contributed by atoms with Crippen LogP contribution >= 0.6 is 15.9 Å². The van der Waals surface area contributed by atoms with Gasteiger partial charge < -0.3 is 15.4 Å². The Kier molecular flexibility index (Phi) is 7.21. The monoisotopic (exact) mass is 418 g/mol. The van der Waals surface area contributed by atoms with Gasteiger partial charge in [0.1, 0.15) is 5.75 Å². The van der Waals surface area contributed by atoms with Gasteiger partial charge in [-0.1, -0.05) is 35.0 Å². The van der Waals surface area contributed by atoms with Crippen molar-refractivity contribution in [1.29, 1.82) is 0 Å². The number of ether oxygens (including phenoxy) is 1. The summed E-state index contributed by atoms with van der Waals surface area (Å²) in [6.07, 6.45) is 0.125. The average Bonchev–Trinajstić information content (AvgIpc) is 2.63. The predicted molar refractivity (Wildman–Crippen MR) is 107 cm³/mol. The molecule has 2 aromatic rings. The molecule has 0 aliphatic carbocycles. The molecule has 26 heavy (non-hydrogen) atoms. The molecule has 2 rings (SSSR count).